The van der Waals surface area contributed by atoms with Crippen LogP contribution in [0.25, 0.3) is 0 Å². The lowest BCUT2D eigenvalue weighted by Gasteiger charge is -2.01. The maximum absolute atomic E-state index is 12.9. The summed E-state index contributed by atoms with van der Waals surface area (Å²) in [6.07, 6.45) is -2.77. The zero-order chi connectivity index (χ0) is 11.2. The molecule has 0 amide bonds. The van der Waals surface area contributed by atoms with Crippen molar-refractivity contribution in [3.05, 3.63) is 36.3 Å². The van der Waals surface area contributed by atoms with Crippen LogP contribution in [0.1, 0.15) is 6.42 Å². The molecule has 0 unspecified atom stereocenters. The Morgan fingerprint density at radius 1 is 1.43 bits per heavy atom. The first-order valence-corrected chi connectivity index (χ1v) is 3.84. The number of nitrogens with one attached hydrogen (secondary N) is 1. The molecule has 0 saturated carbocycles. The molecule has 80 valence electrons. The van der Waals surface area contributed by atoms with Gasteiger partial charge in [0.1, 0.15) is 5.83 Å². The van der Waals surface area contributed by atoms with Gasteiger partial charge in [0.05, 0.1) is 12.1 Å². The number of likely N-dealkylation sites (N-methyl/N-ethyl adjacent to an activating group) is 1. The van der Waals surface area contributed by atoms with Crippen LogP contribution in [0, 0.1) is 0 Å². The summed E-state index contributed by atoms with van der Waals surface area (Å²) in [5, 5.41) is 2.45. The van der Waals surface area contributed by atoms with Crippen LogP contribution < -0.4 is 5.32 Å². The molecule has 0 aromatic carbocycles. The molecule has 14 heavy (non-hydrogen) atoms. The molecule has 5 heteroatoms. The second-order valence-electron chi connectivity index (χ2n) is 2.44. The van der Waals surface area contributed by atoms with E-state index in [-0.39, 0.29) is 5.70 Å². The molecule has 0 aliphatic rings. The van der Waals surface area contributed by atoms with E-state index >= 15 is 0 Å². The molecular weight excluding hydrogens is 198 g/mol. The molecule has 0 aromatic heterocycles. The summed E-state index contributed by atoms with van der Waals surface area (Å²) in [5.74, 6) is -0.772. The van der Waals surface area contributed by atoms with Gasteiger partial charge in [0.15, 0.2) is 0 Å². The number of halogens is 4. The Hall–Kier alpha value is -1.26. The van der Waals surface area contributed by atoms with E-state index in [0.717, 1.165) is 12.2 Å². The summed E-state index contributed by atoms with van der Waals surface area (Å²) in [5.41, 5.74) is 0.0587. The molecule has 0 bridgehead atoms. The lowest BCUT2D eigenvalue weighted by molar-refractivity contribution is -0.125. The first kappa shape index (κ1) is 12.7. The van der Waals surface area contributed by atoms with Gasteiger partial charge in [-0.2, -0.15) is 13.2 Å². The Balaban J connectivity index is 4.37. The van der Waals surface area contributed by atoms with Crippen molar-refractivity contribution in [2.45, 2.75) is 12.6 Å². The molecule has 1 N–H and O–H groups in total. The largest absolute Gasteiger partial charge is 0.392 e. The zero-order valence-electron chi connectivity index (χ0n) is 7.66. The van der Waals surface area contributed by atoms with Gasteiger partial charge in [-0.3, -0.25) is 0 Å². The van der Waals surface area contributed by atoms with E-state index in [9.17, 15) is 17.6 Å². The highest BCUT2D eigenvalue weighted by Gasteiger charge is 2.24. The van der Waals surface area contributed by atoms with Crippen LogP contribution in [0.3, 0.4) is 0 Å². The monoisotopic (exact) mass is 209 g/mol. The fourth-order valence-electron chi connectivity index (χ4n) is 0.705. The minimum absolute atomic E-state index is 0.0587. The Morgan fingerprint density at radius 2 is 2.00 bits per heavy atom. The Kier molecular flexibility index (Phi) is 4.97. The lowest BCUT2D eigenvalue weighted by atomic mass is 10.3. The van der Waals surface area contributed by atoms with Crippen LogP contribution in [0.15, 0.2) is 36.3 Å². The molecule has 0 radical (unpaired) electrons. The molecule has 0 atom stereocenters. The third kappa shape index (κ3) is 5.40. The average Bonchev–Trinajstić information content (AvgIpc) is 2.04. The molecule has 0 fully saturated rings. The highest BCUT2D eigenvalue weighted by molar-refractivity contribution is 5.25. The second-order valence-corrected chi connectivity index (χ2v) is 2.44. The highest BCUT2D eigenvalue weighted by atomic mass is 19.4. The topological polar surface area (TPSA) is 12.0 Å². The second kappa shape index (κ2) is 5.47. The van der Waals surface area contributed by atoms with E-state index in [1.807, 2.05) is 0 Å². The Morgan fingerprint density at radius 3 is 2.36 bits per heavy atom. The quantitative estimate of drug-likeness (QED) is 0.554. The molecule has 0 aliphatic carbocycles. The summed E-state index contributed by atoms with van der Waals surface area (Å²) in [4.78, 5) is 0. The molecule has 0 spiro atoms. The van der Waals surface area contributed by atoms with Gasteiger partial charge >= 0.3 is 6.18 Å². The van der Waals surface area contributed by atoms with Crippen LogP contribution in [-0.4, -0.2) is 13.2 Å². The first-order valence-electron chi connectivity index (χ1n) is 3.84. The summed E-state index contributed by atoms with van der Waals surface area (Å²) in [6, 6.07) is 0. The first-order chi connectivity index (χ1) is 6.40. The van der Waals surface area contributed by atoms with Crippen molar-refractivity contribution in [2.75, 3.05) is 7.05 Å². The number of hydrogen-bond donors (Lipinski definition) is 1. The fourth-order valence-corrected chi connectivity index (χ4v) is 0.705. The van der Waals surface area contributed by atoms with Crippen LogP contribution in [-0.2, 0) is 0 Å². The summed E-state index contributed by atoms with van der Waals surface area (Å²) >= 11 is 0. The number of hydrogen-bond acceptors (Lipinski definition) is 1. The van der Waals surface area contributed by atoms with Crippen molar-refractivity contribution in [3.8, 4) is 0 Å². The van der Waals surface area contributed by atoms with Crippen molar-refractivity contribution < 1.29 is 17.6 Å². The average molecular weight is 209 g/mol. The van der Waals surface area contributed by atoms with Gasteiger partial charge in [0.25, 0.3) is 0 Å². The highest BCUT2D eigenvalue weighted by Crippen LogP contribution is 2.20. The predicted molar refractivity (Wildman–Crippen MR) is 47.2 cm³/mol. The SMILES string of the molecule is C=C/C(NC)=C(F)\C=C/CC(F)(F)F. The van der Waals surface area contributed by atoms with Crippen LogP contribution in [0.5, 0.6) is 0 Å². The standard InChI is InChI=1S/C9H11F4N/c1-3-8(14-2)7(10)5-4-6-9(11,12)13/h3-5,14H,1,6H2,2H3/b5-4-,8-7-. The van der Waals surface area contributed by atoms with Crippen LogP contribution in [0.4, 0.5) is 17.6 Å². The van der Waals surface area contributed by atoms with E-state index in [2.05, 4.69) is 11.9 Å². The maximum atomic E-state index is 12.9. The summed E-state index contributed by atoms with van der Waals surface area (Å²) in [7, 11) is 1.45. The maximum Gasteiger partial charge on any atom is 0.392 e. The summed E-state index contributed by atoms with van der Waals surface area (Å²) < 4.78 is 47.9. The molecule has 0 aliphatic heterocycles. The third-order valence-electron chi connectivity index (χ3n) is 1.34. The van der Waals surface area contributed by atoms with E-state index < -0.39 is 18.4 Å². The van der Waals surface area contributed by atoms with Crippen molar-refractivity contribution in [1.82, 2.24) is 5.32 Å². The number of rotatable bonds is 4. The minimum atomic E-state index is -4.30. The Labute approximate surface area is 79.8 Å². The molecule has 1 nitrogen and oxygen atoms in total. The van der Waals surface area contributed by atoms with E-state index in [1.54, 1.807) is 0 Å². The fraction of sp³-hybridized carbons (Fsp3) is 0.333. The predicted octanol–water partition coefficient (Wildman–Crippen LogP) is 3.08. The minimum Gasteiger partial charge on any atom is -0.386 e. The summed E-state index contributed by atoms with van der Waals surface area (Å²) in [6.45, 7) is 3.29. The van der Waals surface area contributed by atoms with Gasteiger partial charge in [-0.25, -0.2) is 4.39 Å². The van der Waals surface area contributed by atoms with E-state index in [1.165, 1.54) is 13.1 Å². The zero-order valence-corrected chi connectivity index (χ0v) is 7.66. The molecule has 0 saturated heterocycles. The van der Waals surface area contributed by atoms with Gasteiger partial charge in [0.2, 0.25) is 0 Å². The van der Waals surface area contributed by atoms with E-state index in [0.29, 0.717) is 0 Å². The molecule has 0 rings (SSSR count). The Bertz CT molecular complexity index is 250. The van der Waals surface area contributed by atoms with Gasteiger partial charge in [-0.15, -0.1) is 0 Å². The van der Waals surface area contributed by atoms with Crippen molar-refractivity contribution in [1.29, 1.82) is 0 Å². The number of alkyl halides is 3. The van der Waals surface area contributed by atoms with Crippen LogP contribution >= 0.6 is 0 Å². The lowest BCUT2D eigenvalue weighted by Crippen LogP contribution is -2.05. The van der Waals surface area contributed by atoms with Gasteiger partial charge in [-0.05, 0) is 12.2 Å². The van der Waals surface area contributed by atoms with Gasteiger partial charge in [0, 0.05) is 7.05 Å². The van der Waals surface area contributed by atoms with Crippen LogP contribution in [0.2, 0.25) is 0 Å². The van der Waals surface area contributed by atoms with Crippen molar-refractivity contribution >= 4 is 0 Å². The van der Waals surface area contributed by atoms with Crippen molar-refractivity contribution in [2.24, 2.45) is 0 Å². The number of allylic oxidation sites excluding steroid dienone is 4. The molecule has 0 aromatic rings. The normalized spacial score (nSPS) is 14.1. The third-order valence-corrected chi connectivity index (χ3v) is 1.34. The smallest absolute Gasteiger partial charge is 0.386 e. The van der Waals surface area contributed by atoms with Gasteiger partial charge in [-0.1, -0.05) is 12.7 Å². The van der Waals surface area contributed by atoms with E-state index in [4.69, 9.17) is 0 Å². The molecule has 0 heterocycles. The van der Waals surface area contributed by atoms with Gasteiger partial charge < -0.3 is 5.32 Å². The van der Waals surface area contributed by atoms with Crippen molar-refractivity contribution in [3.63, 3.8) is 0 Å². The molecular formula is C9H11F4N.